The summed E-state index contributed by atoms with van der Waals surface area (Å²) in [6.45, 7) is 2.06. The Hall–Kier alpha value is -1.94. The minimum absolute atomic E-state index is 0.544. The number of aldehydes is 1. The van der Waals surface area contributed by atoms with Crippen molar-refractivity contribution in [1.29, 1.82) is 0 Å². The molecule has 1 aliphatic rings. The second-order valence-electron chi connectivity index (χ2n) is 5.87. The Morgan fingerprint density at radius 3 is 2.95 bits per heavy atom. The van der Waals surface area contributed by atoms with Gasteiger partial charge in [-0.3, -0.25) is 4.79 Å². The summed E-state index contributed by atoms with van der Waals surface area (Å²) < 4.78 is 0. The van der Waals surface area contributed by atoms with Gasteiger partial charge in [-0.15, -0.1) is 0 Å². The number of nitrogens with zero attached hydrogens (tertiary/aromatic N) is 3. The maximum atomic E-state index is 11.4. The molecule has 1 fully saturated rings. The van der Waals surface area contributed by atoms with Gasteiger partial charge in [-0.1, -0.05) is 18.2 Å². The Bertz CT molecular complexity index is 656. The maximum Gasteiger partial charge on any atom is 0.153 e. The molecule has 0 bridgehead atoms. The van der Waals surface area contributed by atoms with Crippen LogP contribution in [0.4, 0.5) is 5.82 Å². The first kappa shape index (κ1) is 14.0. The average Bonchev–Trinajstić information content (AvgIpc) is 2.91. The number of hydrogen-bond acceptors (Lipinski definition) is 4. The predicted octanol–water partition coefficient (Wildman–Crippen LogP) is 2.58. The monoisotopic (exact) mass is 283 g/mol. The largest absolute Gasteiger partial charge is 0.357 e. The number of pyridine rings is 1. The van der Waals surface area contributed by atoms with Crippen LogP contribution in [-0.2, 0) is 0 Å². The quantitative estimate of drug-likeness (QED) is 0.808. The summed E-state index contributed by atoms with van der Waals surface area (Å²) >= 11 is 0. The van der Waals surface area contributed by atoms with Gasteiger partial charge in [0.2, 0.25) is 0 Å². The molecule has 4 nitrogen and oxygen atoms in total. The summed E-state index contributed by atoms with van der Waals surface area (Å²) in [5.41, 5.74) is 1.60. The summed E-state index contributed by atoms with van der Waals surface area (Å²) in [4.78, 5) is 20.6. The normalized spacial score (nSPS) is 19.0. The van der Waals surface area contributed by atoms with E-state index in [2.05, 4.69) is 21.8 Å². The van der Waals surface area contributed by atoms with Crippen LogP contribution in [0.3, 0.4) is 0 Å². The fourth-order valence-electron chi connectivity index (χ4n) is 3.13. The Morgan fingerprint density at radius 2 is 2.24 bits per heavy atom. The molecule has 2 aromatic rings. The van der Waals surface area contributed by atoms with Gasteiger partial charge in [0.05, 0.1) is 11.1 Å². The van der Waals surface area contributed by atoms with E-state index in [-0.39, 0.29) is 0 Å². The Morgan fingerprint density at radius 1 is 1.43 bits per heavy atom. The highest BCUT2D eigenvalue weighted by Crippen LogP contribution is 2.23. The summed E-state index contributed by atoms with van der Waals surface area (Å²) in [7, 11) is 4.19. The van der Waals surface area contributed by atoms with E-state index in [1.165, 1.54) is 12.8 Å². The van der Waals surface area contributed by atoms with E-state index >= 15 is 0 Å². The number of carbonyl (C=O) groups is 1. The average molecular weight is 283 g/mol. The zero-order chi connectivity index (χ0) is 14.8. The second kappa shape index (κ2) is 5.82. The number of fused-ring (bicyclic) bond motifs is 1. The van der Waals surface area contributed by atoms with Crippen LogP contribution in [0.25, 0.3) is 10.9 Å². The zero-order valence-electron chi connectivity index (χ0n) is 12.6. The van der Waals surface area contributed by atoms with Gasteiger partial charge in [0.15, 0.2) is 6.29 Å². The van der Waals surface area contributed by atoms with Crippen molar-refractivity contribution in [2.45, 2.75) is 18.9 Å². The lowest BCUT2D eigenvalue weighted by molar-refractivity contribution is 0.112. The van der Waals surface area contributed by atoms with Crippen LogP contribution in [0.15, 0.2) is 30.3 Å². The lowest BCUT2D eigenvalue weighted by atomic mass is 10.1. The molecule has 110 valence electrons. The van der Waals surface area contributed by atoms with Crippen molar-refractivity contribution < 1.29 is 4.79 Å². The zero-order valence-corrected chi connectivity index (χ0v) is 12.6. The van der Waals surface area contributed by atoms with Crippen molar-refractivity contribution in [3.63, 3.8) is 0 Å². The molecule has 4 heteroatoms. The summed E-state index contributed by atoms with van der Waals surface area (Å²) in [6, 6.07) is 10.4. The van der Waals surface area contributed by atoms with Gasteiger partial charge in [0.1, 0.15) is 5.82 Å². The number of aromatic nitrogens is 1. The van der Waals surface area contributed by atoms with Crippen LogP contribution in [-0.4, -0.2) is 49.4 Å². The minimum atomic E-state index is 0.544. The molecular weight excluding hydrogens is 262 g/mol. The number of para-hydroxylation sites is 1. The van der Waals surface area contributed by atoms with Crippen LogP contribution in [0.1, 0.15) is 23.2 Å². The number of hydrogen-bond donors (Lipinski definition) is 0. The summed E-state index contributed by atoms with van der Waals surface area (Å²) in [5, 5.41) is 1.01. The van der Waals surface area contributed by atoms with Gasteiger partial charge >= 0.3 is 0 Å². The SMILES string of the molecule is CN(CC1CCCN1C)c1nc2ccccc2cc1C=O. The Balaban J connectivity index is 1.92. The summed E-state index contributed by atoms with van der Waals surface area (Å²) in [5.74, 6) is 0.781. The third kappa shape index (κ3) is 2.76. The standard InChI is InChI=1S/C17H21N3O/c1-19-9-5-7-15(19)11-20(2)17-14(12-21)10-13-6-3-4-8-16(13)18-17/h3-4,6,8,10,12,15H,5,7,9,11H2,1-2H3. The van der Waals surface area contributed by atoms with Crippen molar-refractivity contribution in [3.8, 4) is 0 Å². The van der Waals surface area contributed by atoms with Gasteiger partial charge in [-0.05, 0) is 38.6 Å². The number of likely N-dealkylation sites (tertiary alicyclic amines) is 1. The van der Waals surface area contributed by atoms with E-state index in [1.807, 2.05) is 37.4 Å². The molecular formula is C17H21N3O. The molecule has 0 saturated carbocycles. The van der Waals surface area contributed by atoms with E-state index in [4.69, 9.17) is 0 Å². The molecule has 21 heavy (non-hydrogen) atoms. The topological polar surface area (TPSA) is 36.4 Å². The van der Waals surface area contributed by atoms with Crippen LogP contribution < -0.4 is 4.90 Å². The number of likely N-dealkylation sites (N-methyl/N-ethyl adjacent to an activating group) is 2. The minimum Gasteiger partial charge on any atom is -0.357 e. The smallest absolute Gasteiger partial charge is 0.153 e. The molecule has 0 N–H and O–H groups in total. The van der Waals surface area contributed by atoms with Gasteiger partial charge < -0.3 is 9.80 Å². The fourth-order valence-corrected chi connectivity index (χ4v) is 3.13. The number of rotatable bonds is 4. The third-order valence-electron chi connectivity index (χ3n) is 4.38. The molecule has 1 aromatic carbocycles. The first-order chi connectivity index (χ1) is 10.2. The van der Waals surface area contributed by atoms with Crippen LogP contribution in [0.2, 0.25) is 0 Å². The van der Waals surface area contributed by atoms with E-state index in [0.29, 0.717) is 11.6 Å². The fraction of sp³-hybridized carbons (Fsp3) is 0.412. The first-order valence-corrected chi connectivity index (χ1v) is 7.45. The Labute approximate surface area is 125 Å². The van der Waals surface area contributed by atoms with Crippen molar-refractivity contribution in [1.82, 2.24) is 9.88 Å². The lowest BCUT2D eigenvalue weighted by Gasteiger charge is -2.27. The Kier molecular flexibility index (Phi) is 3.88. The molecule has 1 aromatic heterocycles. The summed E-state index contributed by atoms with van der Waals surface area (Å²) in [6.07, 6.45) is 3.37. The van der Waals surface area contributed by atoms with Gasteiger partial charge in [0, 0.05) is 25.0 Å². The van der Waals surface area contributed by atoms with E-state index in [9.17, 15) is 4.79 Å². The van der Waals surface area contributed by atoms with E-state index < -0.39 is 0 Å². The highest BCUT2D eigenvalue weighted by molar-refractivity contribution is 5.91. The molecule has 0 amide bonds. The third-order valence-corrected chi connectivity index (χ3v) is 4.38. The van der Waals surface area contributed by atoms with Crippen molar-refractivity contribution in [2.75, 3.05) is 32.1 Å². The number of benzene rings is 1. The molecule has 1 atom stereocenters. The second-order valence-corrected chi connectivity index (χ2v) is 5.87. The first-order valence-electron chi connectivity index (χ1n) is 7.45. The van der Waals surface area contributed by atoms with Crippen molar-refractivity contribution in [2.24, 2.45) is 0 Å². The predicted molar refractivity (Wildman–Crippen MR) is 86.1 cm³/mol. The van der Waals surface area contributed by atoms with Crippen molar-refractivity contribution in [3.05, 3.63) is 35.9 Å². The molecule has 2 heterocycles. The highest BCUT2D eigenvalue weighted by Gasteiger charge is 2.23. The molecule has 1 saturated heterocycles. The molecule has 0 aliphatic carbocycles. The molecule has 0 radical (unpaired) electrons. The van der Waals surface area contributed by atoms with Crippen LogP contribution >= 0.6 is 0 Å². The lowest BCUT2D eigenvalue weighted by Crippen LogP contribution is -2.37. The highest BCUT2D eigenvalue weighted by atomic mass is 16.1. The van der Waals surface area contributed by atoms with Gasteiger partial charge in [0.25, 0.3) is 0 Å². The number of anilines is 1. The van der Waals surface area contributed by atoms with Crippen LogP contribution in [0.5, 0.6) is 0 Å². The number of carbonyl (C=O) groups excluding carboxylic acids is 1. The van der Waals surface area contributed by atoms with Crippen molar-refractivity contribution >= 4 is 23.0 Å². The van der Waals surface area contributed by atoms with Gasteiger partial charge in [-0.2, -0.15) is 0 Å². The van der Waals surface area contributed by atoms with E-state index in [0.717, 1.165) is 36.1 Å². The maximum absolute atomic E-state index is 11.4. The van der Waals surface area contributed by atoms with E-state index in [1.54, 1.807) is 0 Å². The molecule has 0 spiro atoms. The molecule has 1 aliphatic heterocycles. The van der Waals surface area contributed by atoms with Gasteiger partial charge in [-0.25, -0.2) is 4.98 Å². The van der Waals surface area contributed by atoms with Crippen LogP contribution in [0, 0.1) is 0 Å². The molecule has 3 rings (SSSR count). The molecule has 1 unspecified atom stereocenters.